The molecule has 0 saturated carbocycles. The number of carbonyl (C=O) groups excluding carboxylic acids is 1. The second kappa shape index (κ2) is 9.75. The van der Waals surface area contributed by atoms with Gasteiger partial charge in [0.25, 0.3) is 0 Å². The van der Waals surface area contributed by atoms with Gasteiger partial charge in [0.05, 0.1) is 6.61 Å². The first-order valence-electron chi connectivity index (χ1n) is 11.7. The zero-order valence-corrected chi connectivity index (χ0v) is 18.7. The zero-order valence-electron chi connectivity index (χ0n) is 18.7. The molecule has 7 nitrogen and oxygen atoms in total. The molecule has 0 radical (unpaired) electrons. The largest absolute Gasteiger partial charge is 0.493 e. The average Bonchev–Trinajstić information content (AvgIpc) is 3.40. The summed E-state index contributed by atoms with van der Waals surface area (Å²) in [6, 6.07) is 19.5. The Bertz CT molecular complexity index is 1050. The van der Waals surface area contributed by atoms with Crippen LogP contribution in [0.1, 0.15) is 31.6 Å². The minimum atomic E-state index is -0.833. The first-order valence-corrected chi connectivity index (χ1v) is 11.7. The van der Waals surface area contributed by atoms with E-state index in [1.165, 1.54) is 0 Å². The number of para-hydroxylation sites is 1. The Morgan fingerprint density at radius 3 is 2.52 bits per heavy atom. The Hall–Kier alpha value is -3.19. The van der Waals surface area contributed by atoms with Crippen LogP contribution >= 0.6 is 0 Å². The molecular weight excluding hydrogens is 418 g/mol. The molecule has 172 valence electrons. The van der Waals surface area contributed by atoms with Gasteiger partial charge in [0.1, 0.15) is 11.2 Å². The molecule has 1 unspecified atom stereocenters. The van der Waals surface area contributed by atoms with Crippen LogP contribution in [0.4, 0.5) is 0 Å². The van der Waals surface area contributed by atoms with Crippen molar-refractivity contribution in [3.8, 4) is 17.2 Å². The van der Waals surface area contributed by atoms with E-state index in [9.17, 15) is 4.79 Å². The molecule has 2 aliphatic heterocycles. The number of ether oxygens (including phenoxy) is 2. The summed E-state index contributed by atoms with van der Waals surface area (Å²) in [7, 11) is 0. The van der Waals surface area contributed by atoms with E-state index < -0.39 is 5.41 Å². The van der Waals surface area contributed by atoms with Crippen molar-refractivity contribution >= 4 is 5.91 Å². The summed E-state index contributed by atoms with van der Waals surface area (Å²) in [6.45, 7) is 3.02. The molecule has 0 spiro atoms. The first-order chi connectivity index (χ1) is 16.2. The Morgan fingerprint density at radius 2 is 1.76 bits per heavy atom. The SMILES string of the molecule is O=C(N1CCCC(COc2ccccc2)C1)C1(c2nnc(-c3ccccc3)o2)CCOCC1. The fourth-order valence-electron chi connectivity index (χ4n) is 4.77. The van der Waals surface area contributed by atoms with Gasteiger partial charge in [-0.15, -0.1) is 10.2 Å². The first kappa shape index (κ1) is 21.6. The van der Waals surface area contributed by atoms with Crippen molar-refractivity contribution in [3.05, 3.63) is 66.6 Å². The lowest BCUT2D eigenvalue weighted by atomic mass is 9.78. The molecule has 7 heteroatoms. The van der Waals surface area contributed by atoms with Gasteiger partial charge in [-0.05, 0) is 49.9 Å². The molecule has 0 aliphatic carbocycles. The van der Waals surface area contributed by atoms with Crippen molar-refractivity contribution < 1.29 is 18.7 Å². The molecular formula is C26H29N3O4. The summed E-state index contributed by atoms with van der Waals surface area (Å²) in [5.41, 5.74) is 0.0162. The number of nitrogens with zero attached hydrogens (tertiary/aromatic N) is 3. The highest BCUT2D eigenvalue weighted by Gasteiger charge is 2.49. The van der Waals surface area contributed by atoms with E-state index in [4.69, 9.17) is 13.9 Å². The summed E-state index contributed by atoms with van der Waals surface area (Å²) in [6.07, 6.45) is 3.10. The van der Waals surface area contributed by atoms with E-state index in [1.807, 2.05) is 65.6 Å². The van der Waals surface area contributed by atoms with Gasteiger partial charge in [0, 0.05) is 37.8 Å². The highest BCUT2D eigenvalue weighted by atomic mass is 16.5. The van der Waals surface area contributed by atoms with E-state index in [-0.39, 0.29) is 5.91 Å². The topological polar surface area (TPSA) is 77.7 Å². The monoisotopic (exact) mass is 447 g/mol. The number of hydrogen-bond acceptors (Lipinski definition) is 6. The van der Waals surface area contributed by atoms with Gasteiger partial charge in [-0.1, -0.05) is 36.4 Å². The summed E-state index contributed by atoms with van der Waals surface area (Å²) < 4.78 is 17.7. The number of aromatic nitrogens is 2. The van der Waals surface area contributed by atoms with Gasteiger partial charge in [0.2, 0.25) is 17.7 Å². The van der Waals surface area contributed by atoms with E-state index in [0.717, 1.165) is 30.7 Å². The average molecular weight is 448 g/mol. The summed E-state index contributed by atoms with van der Waals surface area (Å²) in [5.74, 6) is 2.07. The molecule has 3 aromatic rings. The number of benzene rings is 2. The third-order valence-corrected chi connectivity index (χ3v) is 6.65. The van der Waals surface area contributed by atoms with Crippen LogP contribution in [0.2, 0.25) is 0 Å². The minimum Gasteiger partial charge on any atom is -0.493 e. The van der Waals surface area contributed by atoms with Gasteiger partial charge in [0.15, 0.2) is 0 Å². The molecule has 5 rings (SSSR count). The zero-order chi connectivity index (χ0) is 22.5. The molecule has 2 saturated heterocycles. The van der Waals surface area contributed by atoms with Gasteiger partial charge >= 0.3 is 0 Å². The third kappa shape index (κ3) is 4.64. The third-order valence-electron chi connectivity index (χ3n) is 6.65. The maximum atomic E-state index is 13.9. The number of piperidine rings is 1. The van der Waals surface area contributed by atoms with Gasteiger partial charge in [-0.3, -0.25) is 4.79 Å². The maximum Gasteiger partial charge on any atom is 0.247 e. The lowest BCUT2D eigenvalue weighted by molar-refractivity contribution is -0.144. The summed E-state index contributed by atoms with van der Waals surface area (Å²) in [4.78, 5) is 15.9. The van der Waals surface area contributed by atoms with E-state index >= 15 is 0 Å². The van der Waals surface area contributed by atoms with Crippen molar-refractivity contribution in [1.82, 2.24) is 15.1 Å². The van der Waals surface area contributed by atoms with Gasteiger partial charge in [-0.2, -0.15) is 0 Å². The molecule has 0 N–H and O–H groups in total. The highest BCUT2D eigenvalue weighted by Crippen LogP contribution is 2.38. The number of amides is 1. The van der Waals surface area contributed by atoms with Crippen molar-refractivity contribution in [2.24, 2.45) is 5.92 Å². The number of hydrogen-bond donors (Lipinski definition) is 0. The fraction of sp³-hybridized carbons (Fsp3) is 0.423. The summed E-state index contributed by atoms with van der Waals surface area (Å²) >= 11 is 0. The van der Waals surface area contributed by atoms with E-state index in [0.29, 0.717) is 56.9 Å². The molecule has 2 aliphatic rings. The molecule has 1 atom stereocenters. The van der Waals surface area contributed by atoms with Crippen molar-refractivity contribution in [3.63, 3.8) is 0 Å². The normalized spacial score (nSPS) is 20.4. The van der Waals surface area contributed by atoms with Crippen LogP contribution in [0, 0.1) is 5.92 Å². The number of likely N-dealkylation sites (tertiary alicyclic amines) is 1. The van der Waals surface area contributed by atoms with Crippen LogP contribution in [0.15, 0.2) is 65.1 Å². The van der Waals surface area contributed by atoms with Crippen LogP contribution in [-0.4, -0.2) is 53.9 Å². The van der Waals surface area contributed by atoms with Gasteiger partial charge < -0.3 is 18.8 Å². The van der Waals surface area contributed by atoms with Crippen LogP contribution < -0.4 is 4.74 Å². The van der Waals surface area contributed by atoms with Crippen molar-refractivity contribution in [2.45, 2.75) is 31.1 Å². The lowest BCUT2D eigenvalue weighted by Crippen LogP contribution is -2.53. The summed E-state index contributed by atoms with van der Waals surface area (Å²) in [5, 5.41) is 8.62. The van der Waals surface area contributed by atoms with Crippen molar-refractivity contribution in [2.75, 3.05) is 32.9 Å². The van der Waals surface area contributed by atoms with Crippen LogP contribution in [-0.2, 0) is 14.9 Å². The van der Waals surface area contributed by atoms with Crippen LogP contribution in [0.3, 0.4) is 0 Å². The maximum absolute atomic E-state index is 13.9. The van der Waals surface area contributed by atoms with E-state index in [2.05, 4.69) is 10.2 Å². The second-order valence-corrected chi connectivity index (χ2v) is 8.86. The number of rotatable bonds is 6. The van der Waals surface area contributed by atoms with E-state index in [1.54, 1.807) is 0 Å². The Labute approximate surface area is 193 Å². The molecule has 1 amide bonds. The quantitative estimate of drug-likeness (QED) is 0.566. The lowest BCUT2D eigenvalue weighted by Gasteiger charge is -2.40. The smallest absolute Gasteiger partial charge is 0.247 e. The predicted octanol–water partition coefficient (Wildman–Crippen LogP) is 4.10. The molecule has 0 bridgehead atoms. The minimum absolute atomic E-state index is 0.0680. The Balaban J connectivity index is 1.33. The Morgan fingerprint density at radius 1 is 1.03 bits per heavy atom. The predicted molar refractivity (Wildman–Crippen MR) is 123 cm³/mol. The fourth-order valence-corrected chi connectivity index (χ4v) is 4.77. The second-order valence-electron chi connectivity index (χ2n) is 8.86. The number of carbonyl (C=O) groups is 1. The van der Waals surface area contributed by atoms with Gasteiger partial charge in [-0.25, -0.2) is 0 Å². The Kier molecular flexibility index (Phi) is 6.39. The molecule has 1 aromatic heterocycles. The molecule has 2 fully saturated rings. The van der Waals surface area contributed by atoms with Crippen LogP contribution in [0.5, 0.6) is 5.75 Å². The molecule has 33 heavy (non-hydrogen) atoms. The van der Waals surface area contributed by atoms with Crippen molar-refractivity contribution in [1.29, 1.82) is 0 Å². The van der Waals surface area contributed by atoms with Crippen LogP contribution in [0.25, 0.3) is 11.5 Å². The molecule has 3 heterocycles. The highest BCUT2D eigenvalue weighted by molar-refractivity contribution is 5.87. The molecule has 2 aromatic carbocycles. The standard InChI is InChI=1S/C26H29N3O4/c30-25(29-15-7-8-20(18-29)19-32-22-11-5-2-6-12-22)26(13-16-31-17-14-26)24-28-27-23(33-24)21-9-3-1-4-10-21/h1-6,9-12,20H,7-8,13-19H2.